The number of halogens is 6. The summed E-state index contributed by atoms with van der Waals surface area (Å²) in [5.41, 5.74) is 1.21. The molecule has 8 heteroatoms. The summed E-state index contributed by atoms with van der Waals surface area (Å²) >= 11 is 0. The molecule has 0 spiro atoms. The van der Waals surface area contributed by atoms with Crippen LogP contribution in [0.15, 0.2) is 60.3 Å². The second kappa shape index (κ2) is 13.1. The van der Waals surface area contributed by atoms with Gasteiger partial charge in [0, 0.05) is 28.9 Å². The molecule has 0 saturated carbocycles. The molecule has 1 aliphatic rings. The van der Waals surface area contributed by atoms with Gasteiger partial charge in [-0.05, 0) is 84.6 Å². The van der Waals surface area contributed by atoms with E-state index in [1.165, 1.54) is 12.1 Å². The molecule has 2 aromatic rings. The standard InChI is InChI=1S/C35H46F6N2/c1-23(2)16-19-42-29-14-12-25(34(36,37)38)21-27(29)32(5,6)18-10-9-11-31-33(7,8)28-22-26(35(39,40)41)13-15-30(28)43(31)20-17-24(3)4/h9-15,21-24,42H,16-20H2,1-8H3/p+1/b10-9+,31-11+. The molecule has 0 aromatic heterocycles. The molecule has 0 radical (unpaired) electrons. The van der Waals surface area contributed by atoms with Gasteiger partial charge in [0.25, 0.3) is 0 Å². The molecule has 0 fully saturated rings. The molecule has 0 bridgehead atoms. The van der Waals surface area contributed by atoms with Gasteiger partial charge in [0.15, 0.2) is 0 Å². The van der Waals surface area contributed by atoms with E-state index in [9.17, 15) is 26.3 Å². The second-order valence-corrected chi connectivity index (χ2v) is 13.7. The van der Waals surface area contributed by atoms with Crippen LogP contribution < -0.4 is 10.2 Å². The van der Waals surface area contributed by atoms with Gasteiger partial charge in [-0.1, -0.05) is 67.5 Å². The van der Waals surface area contributed by atoms with Crippen LogP contribution in [-0.2, 0) is 23.2 Å². The first-order valence-electron chi connectivity index (χ1n) is 15.2. The molecule has 2 N–H and O–H groups in total. The predicted molar refractivity (Wildman–Crippen MR) is 163 cm³/mol. The SMILES string of the molecule is CC(C)CC[NH2+]c1ccc(C(F)(F)F)cc1C(C)(C)C/C=C/C=C1/N(CCC(C)C)c2ccc(C(F)(F)F)cc2C1(C)C. The minimum Gasteiger partial charge on any atom is -0.344 e. The molecule has 2 aromatic carbocycles. The molecule has 0 atom stereocenters. The summed E-state index contributed by atoms with van der Waals surface area (Å²) in [5.74, 6) is 0.905. The van der Waals surface area contributed by atoms with Crippen LogP contribution in [0.3, 0.4) is 0 Å². The Morgan fingerprint density at radius 3 is 2.00 bits per heavy atom. The highest BCUT2D eigenvalue weighted by Gasteiger charge is 2.42. The molecule has 0 amide bonds. The van der Waals surface area contributed by atoms with Crippen LogP contribution in [0.5, 0.6) is 0 Å². The first kappa shape index (κ1) is 34.7. The van der Waals surface area contributed by atoms with Gasteiger partial charge < -0.3 is 10.2 Å². The Morgan fingerprint density at radius 2 is 1.42 bits per heavy atom. The highest BCUT2D eigenvalue weighted by atomic mass is 19.4. The largest absolute Gasteiger partial charge is 0.416 e. The number of benzene rings is 2. The Morgan fingerprint density at radius 1 is 0.837 bits per heavy atom. The maximum atomic E-state index is 13.7. The van der Waals surface area contributed by atoms with Gasteiger partial charge in [-0.2, -0.15) is 26.3 Å². The number of anilines is 1. The van der Waals surface area contributed by atoms with E-state index in [-0.39, 0.29) is 0 Å². The number of fused-ring (bicyclic) bond motifs is 1. The zero-order valence-electron chi connectivity index (χ0n) is 26.7. The quantitative estimate of drug-likeness (QED) is 0.199. The number of hydrogen-bond acceptors (Lipinski definition) is 1. The molecule has 0 saturated heterocycles. The smallest absolute Gasteiger partial charge is 0.344 e. The third-order valence-corrected chi connectivity index (χ3v) is 8.39. The first-order chi connectivity index (χ1) is 19.7. The lowest BCUT2D eigenvalue weighted by molar-refractivity contribution is -0.573. The van der Waals surface area contributed by atoms with Crippen LogP contribution >= 0.6 is 0 Å². The molecule has 1 heterocycles. The van der Waals surface area contributed by atoms with Crippen molar-refractivity contribution in [3.05, 3.63) is 82.6 Å². The summed E-state index contributed by atoms with van der Waals surface area (Å²) in [6, 6.07) is 7.97. The number of allylic oxidation sites excluding steroid dienone is 4. The number of hydrogen-bond donors (Lipinski definition) is 1. The van der Waals surface area contributed by atoms with Gasteiger partial charge in [-0.25, -0.2) is 0 Å². The van der Waals surface area contributed by atoms with Crippen LogP contribution in [0.25, 0.3) is 0 Å². The van der Waals surface area contributed by atoms with Crippen LogP contribution in [0.1, 0.15) is 96.9 Å². The molecule has 43 heavy (non-hydrogen) atoms. The minimum absolute atomic E-state index is 0.415. The lowest BCUT2D eigenvalue weighted by Crippen LogP contribution is -2.78. The molecule has 0 aliphatic carbocycles. The maximum absolute atomic E-state index is 13.7. The van der Waals surface area contributed by atoms with Crippen molar-refractivity contribution in [2.45, 2.75) is 97.8 Å². The van der Waals surface area contributed by atoms with Gasteiger partial charge in [0.2, 0.25) is 0 Å². The van der Waals surface area contributed by atoms with E-state index in [1.807, 2.05) is 51.2 Å². The third-order valence-electron chi connectivity index (χ3n) is 8.39. The zero-order valence-corrected chi connectivity index (χ0v) is 26.7. The second-order valence-electron chi connectivity index (χ2n) is 13.7. The number of alkyl halides is 6. The van der Waals surface area contributed by atoms with Crippen LogP contribution in [0.4, 0.5) is 37.7 Å². The molecule has 3 rings (SSSR count). The third kappa shape index (κ3) is 8.46. The van der Waals surface area contributed by atoms with Gasteiger partial charge >= 0.3 is 12.4 Å². The van der Waals surface area contributed by atoms with Gasteiger partial charge in [0.05, 0.1) is 17.7 Å². The lowest BCUT2D eigenvalue weighted by atomic mass is 9.79. The highest BCUT2D eigenvalue weighted by Crippen LogP contribution is 2.49. The number of nitrogens with two attached hydrogens (primary N) is 1. The van der Waals surface area contributed by atoms with Crippen LogP contribution in [0.2, 0.25) is 0 Å². The highest BCUT2D eigenvalue weighted by molar-refractivity contribution is 5.71. The van der Waals surface area contributed by atoms with Crippen molar-refractivity contribution in [1.82, 2.24) is 0 Å². The van der Waals surface area contributed by atoms with Crippen molar-refractivity contribution >= 4 is 11.4 Å². The van der Waals surface area contributed by atoms with Crippen molar-refractivity contribution in [2.75, 3.05) is 18.0 Å². The van der Waals surface area contributed by atoms with Crippen LogP contribution in [0, 0.1) is 11.8 Å². The monoisotopic (exact) mass is 609 g/mol. The van der Waals surface area contributed by atoms with Gasteiger partial charge in [0.1, 0.15) is 5.69 Å². The number of nitrogens with zero attached hydrogens (tertiary/aromatic N) is 1. The Bertz CT molecular complexity index is 1310. The van der Waals surface area contributed by atoms with Crippen LogP contribution in [-0.4, -0.2) is 13.1 Å². The van der Waals surface area contributed by atoms with Crippen molar-refractivity contribution in [3.63, 3.8) is 0 Å². The summed E-state index contributed by atoms with van der Waals surface area (Å²) in [4.78, 5) is 2.11. The van der Waals surface area contributed by atoms with Gasteiger partial charge in [-0.3, -0.25) is 0 Å². The first-order valence-corrected chi connectivity index (χ1v) is 15.2. The molecule has 238 valence electrons. The lowest BCUT2D eigenvalue weighted by Gasteiger charge is -2.28. The topological polar surface area (TPSA) is 19.9 Å². The van der Waals surface area contributed by atoms with Crippen molar-refractivity contribution < 1.29 is 31.7 Å². The number of quaternary nitrogens is 1. The zero-order chi connectivity index (χ0) is 32.4. The summed E-state index contributed by atoms with van der Waals surface area (Å²) in [6.45, 7) is 17.7. The number of rotatable bonds is 11. The van der Waals surface area contributed by atoms with E-state index in [0.717, 1.165) is 48.6 Å². The average molecular weight is 610 g/mol. The summed E-state index contributed by atoms with van der Waals surface area (Å²) in [7, 11) is 0. The van der Waals surface area contributed by atoms with E-state index in [2.05, 4.69) is 32.6 Å². The molecule has 2 nitrogen and oxygen atoms in total. The predicted octanol–water partition coefficient (Wildman–Crippen LogP) is 9.92. The molecule has 1 aliphatic heterocycles. The van der Waals surface area contributed by atoms with Crippen molar-refractivity contribution in [2.24, 2.45) is 11.8 Å². The van der Waals surface area contributed by atoms with Gasteiger partial charge in [-0.15, -0.1) is 0 Å². The minimum atomic E-state index is -4.43. The summed E-state index contributed by atoms with van der Waals surface area (Å²) < 4.78 is 81.7. The fraction of sp³-hybridized carbons (Fsp3) is 0.543. The Hall–Kier alpha value is -2.74. The Balaban J connectivity index is 1.94. The molecule has 0 unspecified atom stereocenters. The van der Waals surface area contributed by atoms with E-state index < -0.39 is 34.3 Å². The summed E-state index contributed by atoms with van der Waals surface area (Å²) in [6.07, 6.45) is -0.761. The summed E-state index contributed by atoms with van der Waals surface area (Å²) in [5, 5.41) is 2.03. The van der Waals surface area contributed by atoms with E-state index in [1.54, 1.807) is 12.1 Å². The normalized spacial score (nSPS) is 16.7. The maximum Gasteiger partial charge on any atom is 0.416 e. The average Bonchev–Trinajstić information content (AvgIpc) is 3.09. The van der Waals surface area contributed by atoms with Crippen molar-refractivity contribution in [1.29, 1.82) is 0 Å². The Kier molecular flexibility index (Phi) is 10.6. The van der Waals surface area contributed by atoms with Crippen molar-refractivity contribution in [3.8, 4) is 0 Å². The molecular formula is C35H47F6N2+. The van der Waals surface area contributed by atoms with E-state index >= 15 is 0 Å². The fourth-order valence-electron chi connectivity index (χ4n) is 5.68. The Labute approximate surface area is 253 Å². The van der Waals surface area contributed by atoms with E-state index in [0.29, 0.717) is 35.9 Å². The van der Waals surface area contributed by atoms with E-state index in [4.69, 9.17) is 0 Å². The fourth-order valence-corrected chi connectivity index (χ4v) is 5.68. The molecular weight excluding hydrogens is 562 g/mol.